The number of hydrogen-bond donors (Lipinski definition) is 3. The lowest BCUT2D eigenvalue weighted by atomic mass is 9.76. The minimum Gasteiger partial charge on any atom is -0.508 e. The Bertz CT molecular complexity index is 466. The first-order valence-electron chi connectivity index (χ1n) is 6.79. The third-order valence-corrected chi connectivity index (χ3v) is 3.93. The summed E-state index contributed by atoms with van der Waals surface area (Å²) in [6, 6.07) is 4.87. The van der Waals surface area contributed by atoms with Gasteiger partial charge >= 0.3 is 0 Å². The highest BCUT2D eigenvalue weighted by molar-refractivity contribution is 5.96. The molecule has 0 spiro atoms. The van der Waals surface area contributed by atoms with E-state index in [0.717, 1.165) is 24.8 Å². The first-order chi connectivity index (χ1) is 9.01. The Morgan fingerprint density at radius 2 is 2.16 bits per heavy atom. The van der Waals surface area contributed by atoms with Crippen LogP contribution < -0.4 is 5.32 Å². The molecule has 1 aliphatic rings. The molecule has 4 heteroatoms. The summed E-state index contributed by atoms with van der Waals surface area (Å²) in [6.45, 7) is 3.85. The normalized spacial score (nSPS) is 23.5. The van der Waals surface area contributed by atoms with Gasteiger partial charge in [-0.05, 0) is 55.9 Å². The van der Waals surface area contributed by atoms with Crippen molar-refractivity contribution in [3.8, 4) is 5.75 Å². The van der Waals surface area contributed by atoms with Gasteiger partial charge in [0.25, 0.3) is 5.91 Å². The number of benzene rings is 1. The fourth-order valence-corrected chi connectivity index (χ4v) is 2.66. The van der Waals surface area contributed by atoms with Gasteiger partial charge in [-0.15, -0.1) is 0 Å². The van der Waals surface area contributed by atoms with Gasteiger partial charge in [-0.25, -0.2) is 0 Å². The van der Waals surface area contributed by atoms with Gasteiger partial charge < -0.3 is 15.5 Å². The molecular weight excluding hydrogens is 242 g/mol. The van der Waals surface area contributed by atoms with Crippen LogP contribution in [0, 0.1) is 12.8 Å². The molecule has 1 fully saturated rings. The van der Waals surface area contributed by atoms with Crippen LogP contribution in [0.3, 0.4) is 0 Å². The van der Waals surface area contributed by atoms with Crippen LogP contribution in [0.15, 0.2) is 18.2 Å². The van der Waals surface area contributed by atoms with E-state index in [1.54, 1.807) is 12.1 Å². The maximum atomic E-state index is 12.2. The van der Waals surface area contributed by atoms with E-state index in [9.17, 15) is 15.0 Å². The molecule has 4 nitrogen and oxygen atoms in total. The second kappa shape index (κ2) is 5.61. The molecule has 0 unspecified atom stereocenters. The van der Waals surface area contributed by atoms with Crippen molar-refractivity contribution in [1.82, 2.24) is 5.32 Å². The first-order valence-corrected chi connectivity index (χ1v) is 6.79. The van der Waals surface area contributed by atoms with Crippen LogP contribution in [0.4, 0.5) is 0 Å². The summed E-state index contributed by atoms with van der Waals surface area (Å²) in [5.41, 5.74) is 1.36. The van der Waals surface area contributed by atoms with E-state index in [4.69, 9.17) is 0 Å². The number of aliphatic hydroxyl groups excluding tert-OH is 1. The number of hydrogen-bond acceptors (Lipinski definition) is 3. The SMILES string of the molecule is CC[C@@H](NC(=O)c1ccc(O)cc1C)C1CC(O)C1. The number of phenols is 1. The van der Waals surface area contributed by atoms with Crippen molar-refractivity contribution in [3.63, 3.8) is 0 Å². The average molecular weight is 263 g/mol. The number of carbonyl (C=O) groups is 1. The Hall–Kier alpha value is -1.55. The van der Waals surface area contributed by atoms with Crippen LogP contribution in [0.2, 0.25) is 0 Å². The molecule has 0 saturated heterocycles. The largest absolute Gasteiger partial charge is 0.508 e. The Morgan fingerprint density at radius 1 is 1.47 bits per heavy atom. The van der Waals surface area contributed by atoms with Crippen molar-refractivity contribution >= 4 is 5.91 Å². The zero-order valence-electron chi connectivity index (χ0n) is 11.4. The molecule has 1 aliphatic carbocycles. The lowest BCUT2D eigenvalue weighted by Gasteiger charge is -2.37. The predicted octanol–water partition coefficient (Wildman–Crippen LogP) is 1.98. The Morgan fingerprint density at radius 3 is 2.68 bits per heavy atom. The van der Waals surface area contributed by atoms with E-state index in [2.05, 4.69) is 5.32 Å². The van der Waals surface area contributed by atoms with E-state index in [1.807, 2.05) is 13.8 Å². The van der Waals surface area contributed by atoms with Crippen LogP contribution in [-0.2, 0) is 0 Å². The van der Waals surface area contributed by atoms with Crippen LogP contribution in [0.5, 0.6) is 5.75 Å². The van der Waals surface area contributed by atoms with E-state index in [-0.39, 0.29) is 23.8 Å². The van der Waals surface area contributed by atoms with E-state index < -0.39 is 0 Å². The fraction of sp³-hybridized carbons (Fsp3) is 0.533. The molecule has 2 rings (SSSR count). The number of aryl methyl sites for hydroxylation is 1. The quantitative estimate of drug-likeness (QED) is 0.778. The summed E-state index contributed by atoms with van der Waals surface area (Å²) in [7, 11) is 0. The summed E-state index contributed by atoms with van der Waals surface area (Å²) in [5.74, 6) is 0.440. The van der Waals surface area contributed by atoms with Crippen molar-refractivity contribution in [2.75, 3.05) is 0 Å². The van der Waals surface area contributed by atoms with Gasteiger partial charge in [0.2, 0.25) is 0 Å². The highest BCUT2D eigenvalue weighted by Gasteiger charge is 2.33. The van der Waals surface area contributed by atoms with Gasteiger partial charge in [-0.2, -0.15) is 0 Å². The molecule has 1 atom stereocenters. The molecule has 0 heterocycles. The maximum Gasteiger partial charge on any atom is 0.251 e. The molecule has 0 radical (unpaired) electrons. The van der Waals surface area contributed by atoms with Gasteiger partial charge in [0.15, 0.2) is 0 Å². The van der Waals surface area contributed by atoms with Crippen LogP contribution in [0.25, 0.3) is 0 Å². The van der Waals surface area contributed by atoms with Crippen molar-refractivity contribution in [2.24, 2.45) is 5.92 Å². The lowest BCUT2D eigenvalue weighted by molar-refractivity contribution is 0.0232. The van der Waals surface area contributed by atoms with E-state index >= 15 is 0 Å². The number of phenolic OH excluding ortho intramolecular Hbond substituents is 1. The molecule has 0 aliphatic heterocycles. The summed E-state index contributed by atoms with van der Waals surface area (Å²) in [6.07, 6.45) is 2.20. The standard InChI is InChI=1S/C15H21NO3/c1-3-14(10-7-12(18)8-10)16-15(19)13-5-4-11(17)6-9(13)2/h4-6,10,12,14,17-18H,3,7-8H2,1-2H3,(H,16,19)/t10?,12?,14-/m1/s1. The van der Waals surface area contributed by atoms with Crippen molar-refractivity contribution in [2.45, 2.75) is 45.3 Å². The monoisotopic (exact) mass is 263 g/mol. The van der Waals surface area contributed by atoms with Gasteiger partial charge in [0.05, 0.1) is 6.10 Å². The van der Waals surface area contributed by atoms with Crippen LogP contribution in [0.1, 0.15) is 42.1 Å². The van der Waals surface area contributed by atoms with Gasteiger partial charge in [-0.1, -0.05) is 6.92 Å². The molecule has 1 aromatic carbocycles. The van der Waals surface area contributed by atoms with E-state index in [0.29, 0.717) is 11.5 Å². The molecular formula is C15H21NO3. The molecule has 3 N–H and O–H groups in total. The fourth-order valence-electron chi connectivity index (χ4n) is 2.66. The van der Waals surface area contributed by atoms with Crippen molar-refractivity contribution in [1.29, 1.82) is 0 Å². The first kappa shape index (κ1) is 13.9. The van der Waals surface area contributed by atoms with Crippen molar-refractivity contribution < 1.29 is 15.0 Å². The number of nitrogens with one attached hydrogen (secondary N) is 1. The number of rotatable bonds is 4. The number of aliphatic hydroxyl groups is 1. The Balaban J connectivity index is 2.03. The minimum absolute atomic E-state index is 0.106. The van der Waals surface area contributed by atoms with Crippen molar-refractivity contribution in [3.05, 3.63) is 29.3 Å². The topological polar surface area (TPSA) is 69.6 Å². The van der Waals surface area contributed by atoms with E-state index in [1.165, 1.54) is 6.07 Å². The molecule has 1 aromatic rings. The van der Waals surface area contributed by atoms with Gasteiger partial charge in [0, 0.05) is 11.6 Å². The second-order valence-corrected chi connectivity index (χ2v) is 5.37. The lowest BCUT2D eigenvalue weighted by Crippen LogP contribution is -2.46. The molecule has 104 valence electrons. The number of aromatic hydroxyl groups is 1. The summed E-state index contributed by atoms with van der Waals surface area (Å²) >= 11 is 0. The van der Waals surface area contributed by atoms with Gasteiger partial charge in [-0.3, -0.25) is 4.79 Å². The third kappa shape index (κ3) is 3.07. The predicted molar refractivity (Wildman–Crippen MR) is 73.1 cm³/mol. The van der Waals surface area contributed by atoms with Gasteiger partial charge in [0.1, 0.15) is 5.75 Å². The Labute approximate surface area is 113 Å². The van der Waals surface area contributed by atoms with Crippen LogP contribution in [-0.4, -0.2) is 28.3 Å². The minimum atomic E-state index is -0.202. The molecule has 0 bridgehead atoms. The highest BCUT2D eigenvalue weighted by atomic mass is 16.3. The molecule has 1 saturated carbocycles. The zero-order valence-corrected chi connectivity index (χ0v) is 11.4. The average Bonchev–Trinajstić information content (AvgIpc) is 2.32. The smallest absolute Gasteiger partial charge is 0.251 e. The Kier molecular flexibility index (Phi) is 4.10. The summed E-state index contributed by atoms with van der Waals surface area (Å²) in [4.78, 5) is 12.2. The molecule has 1 amide bonds. The second-order valence-electron chi connectivity index (χ2n) is 5.37. The zero-order chi connectivity index (χ0) is 14.0. The number of amides is 1. The molecule has 0 aromatic heterocycles. The van der Waals surface area contributed by atoms with Crippen LogP contribution >= 0.6 is 0 Å². The summed E-state index contributed by atoms with van der Waals surface area (Å²) in [5, 5.41) is 21.7. The third-order valence-electron chi connectivity index (χ3n) is 3.93. The highest BCUT2D eigenvalue weighted by Crippen LogP contribution is 2.31. The number of carbonyl (C=O) groups excluding carboxylic acids is 1. The summed E-state index contributed by atoms with van der Waals surface area (Å²) < 4.78 is 0. The molecule has 19 heavy (non-hydrogen) atoms. The maximum absolute atomic E-state index is 12.2.